The highest BCUT2D eigenvalue weighted by Crippen LogP contribution is 2.28. The number of hydrogen-bond acceptors (Lipinski definition) is 4. The summed E-state index contributed by atoms with van der Waals surface area (Å²) < 4.78 is 0. The van der Waals surface area contributed by atoms with Crippen molar-refractivity contribution in [1.82, 2.24) is 24.8 Å². The number of aryl methyl sites for hydroxylation is 3. The molecule has 2 aromatic rings. The van der Waals surface area contributed by atoms with Crippen molar-refractivity contribution in [3.63, 3.8) is 0 Å². The second-order valence-electron chi connectivity index (χ2n) is 8.74. The van der Waals surface area contributed by atoms with Gasteiger partial charge in [0.2, 0.25) is 5.91 Å². The summed E-state index contributed by atoms with van der Waals surface area (Å²) in [6.45, 7) is 8.18. The second kappa shape index (κ2) is 8.58. The van der Waals surface area contributed by atoms with Gasteiger partial charge in [-0.3, -0.25) is 9.59 Å². The van der Waals surface area contributed by atoms with Gasteiger partial charge in [0.15, 0.2) is 5.69 Å². The summed E-state index contributed by atoms with van der Waals surface area (Å²) >= 11 is 0. The van der Waals surface area contributed by atoms with Crippen LogP contribution in [0.15, 0.2) is 18.2 Å². The quantitative estimate of drug-likeness (QED) is 0.778. The van der Waals surface area contributed by atoms with Crippen LogP contribution >= 0.6 is 0 Å². The molecule has 0 radical (unpaired) electrons. The van der Waals surface area contributed by atoms with E-state index in [1.165, 1.54) is 31.2 Å². The van der Waals surface area contributed by atoms with E-state index in [4.69, 9.17) is 0 Å². The molecule has 0 N–H and O–H groups in total. The number of carbonyl (C=O) groups is 2. The van der Waals surface area contributed by atoms with Crippen LogP contribution in [0.2, 0.25) is 0 Å². The third-order valence-electron chi connectivity index (χ3n) is 6.41. The lowest BCUT2D eigenvalue weighted by molar-refractivity contribution is -0.133. The lowest BCUT2D eigenvalue weighted by Crippen LogP contribution is -2.51. The fourth-order valence-corrected chi connectivity index (χ4v) is 4.61. The summed E-state index contributed by atoms with van der Waals surface area (Å²) in [5.41, 5.74) is 4.14. The fourth-order valence-electron chi connectivity index (χ4n) is 4.61. The highest BCUT2D eigenvalue weighted by atomic mass is 16.2. The molecule has 2 heterocycles. The van der Waals surface area contributed by atoms with Crippen LogP contribution in [-0.2, 0) is 4.79 Å². The van der Waals surface area contributed by atoms with Crippen LogP contribution in [0.25, 0.3) is 5.69 Å². The van der Waals surface area contributed by atoms with Crippen molar-refractivity contribution < 1.29 is 9.59 Å². The minimum Gasteiger partial charge on any atom is -0.339 e. The predicted octanol–water partition coefficient (Wildman–Crippen LogP) is 3.06. The van der Waals surface area contributed by atoms with Gasteiger partial charge in [0.1, 0.15) is 0 Å². The minimum atomic E-state index is -0.105. The summed E-state index contributed by atoms with van der Waals surface area (Å²) in [5, 5.41) is 8.98. The third kappa shape index (κ3) is 4.25. The molecular weight excluding hydrogens is 378 g/mol. The Morgan fingerprint density at radius 1 is 0.967 bits per heavy atom. The number of benzene rings is 1. The van der Waals surface area contributed by atoms with Crippen LogP contribution < -0.4 is 0 Å². The number of amides is 2. The summed E-state index contributed by atoms with van der Waals surface area (Å²) in [7, 11) is 0. The normalized spacial score (nSPS) is 17.6. The maximum atomic E-state index is 13.1. The number of hydrogen-bond donors (Lipinski definition) is 0. The van der Waals surface area contributed by atoms with Crippen LogP contribution in [0.3, 0.4) is 0 Å². The molecule has 1 saturated carbocycles. The molecule has 2 fully saturated rings. The molecule has 1 aromatic heterocycles. The minimum absolute atomic E-state index is 0.105. The van der Waals surface area contributed by atoms with E-state index in [1.54, 1.807) is 9.70 Å². The topological polar surface area (TPSA) is 71.3 Å². The summed E-state index contributed by atoms with van der Waals surface area (Å²) in [6.07, 6.45) is 5.53. The van der Waals surface area contributed by atoms with E-state index < -0.39 is 0 Å². The summed E-state index contributed by atoms with van der Waals surface area (Å²) in [4.78, 5) is 30.9. The van der Waals surface area contributed by atoms with E-state index in [0.29, 0.717) is 49.9 Å². The Bertz CT molecular complexity index is 937. The van der Waals surface area contributed by atoms with E-state index in [-0.39, 0.29) is 11.8 Å². The number of aromatic nitrogens is 3. The van der Waals surface area contributed by atoms with Gasteiger partial charge in [0.25, 0.3) is 5.91 Å². The molecule has 7 heteroatoms. The molecular formula is C23H31N5O2. The van der Waals surface area contributed by atoms with Crippen molar-refractivity contribution in [3.8, 4) is 5.69 Å². The van der Waals surface area contributed by atoms with Gasteiger partial charge >= 0.3 is 0 Å². The maximum Gasteiger partial charge on any atom is 0.276 e. The predicted molar refractivity (Wildman–Crippen MR) is 115 cm³/mol. The van der Waals surface area contributed by atoms with E-state index in [2.05, 4.69) is 16.3 Å². The number of nitrogens with zero attached hydrogens (tertiary/aromatic N) is 5. The molecule has 1 aliphatic carbocycles. The first-order valence-electron chi connectivity index (χ1n) is 11.0. The van der Waals surface area contributed by atoms with Crippen LogP contribution in [0.4, 0.5) is 0 Å². The van der Waals surface area contributed by atoms with Crippen molar-refractivity contribution in [2.24, 2.45) is 5.92 Å². The lowest BCUT2D eigenvalue weighted by atomic mass is 10.0. The number of carbonyl (C=O) groups excluding carboxylic acids is 2. The molecule has 4 rings (SSSR count). The van der Waals surface area contributed by atoms with Gasteiger partial charge < -0.3 is 9.80 Å². The monoisotopic (exact) mass is 409 g/mol. The SMILES string of the molecule is Cc1ccc(-n2nc(C)c(C(=O)N3CCN(C(=O)CC4CCCC4)CC3)n2)c(C)c1. The maximum absolute atomic E-state index is 13.1. The molecule has 0 spiro atoms. The van der Waals surface area contributed by atoms with Crippen LogP contribution in [0.5, 0.6) is 0 Å². The van der Waals surface area contributed by atoms with E-state index >= 15 is 0 Å². The first kappa shape index (κ1) is 20.6. The molecule has 30 heavy (non-hydrogen) atoms. The zero-order valence-corrected chi connectivity index (χ0v) is 18.2. The molecule has 0 atom stereocenters. The van der Waals surface area contributed by atoms with Gasteiger partial charge in [0.05, 0.1) is 11.4 Å². The van der Waals surface area contributed by atoms with E-state index in [0.717, 1.165) is 11.3 Å². The highest BCUT2D eigenvalue weighted by Gasteiger charge is 2.29. The first-order chi connectivity index (χ1) is 14.4. The zero-order chi connectivity index (χ0) is 21.3. The van der Waals surface area contributed by atoms with E-state index in [9.17, 15) is 9.59 Å². The Kier molecular flexibility index (Phi) is 5.88. The Morgan fingerprint density at radius 2 is 1.63 bits per heavy atom. The van der Waals surface area contributed by atoms with Crippen LogP contribution in [0, 0.1) is 26.7 Å². The average molecular weight is 410 g/mol. The van der Waals surface area contributed by atoms with Gasteiger partial charge in [-0.05, 0) is 51.2 Å². The Hall–Kier alpha value is -2.70. The molecule has 2 amide bonds. The van der Waals surface area contributed by atoms with Crippen molar-refractivity contribution in [3.05, 3.63) is 40.7 Å². The number of rotatable bonds is 4. The molecule has 0 unspecified atom stereocenters. The summed E-state index contributed by atoms with van der Waals surface area (Å²) in [5.74, 6) is 0.692. The van der Waals surface area contributed by atoms with Gasteiger partial charge in [-0.15, -0.1) is 5.10 Å². The molecule has 7 nitrogen and oxygen atoms in total. The molecule has 1 aromatic carbocycles. The Morgan fingerprint density at radius 3 is 2.30 bits per heavy atom. The first-order valence-corrected chi connectivity index (χ1v) is 11.0. The Balaban J connectivity index is 1.39. The molecule has 1 saturated heterocycles. The smallest absolute Gasteiger partial charge is 0.276 e. The average Bonchev–Trinajstić information content (AvgIpc) is 3.37. The number of piperazine rings is 1. The molecule has 2 aliphatic rings. The van der Waals surface area contributed by atoms with Crippen molar-refractivity contribution >= 4 is 11.8 Å². The van der Waals surface area contributed by atoms with Gasteiger partial charge in [-0.1, -0.05) is 30.5 Å². The van der Waals surface area contributed by atoms with Crippen molar-refractivity contribution in [2.75, 3.05) is 26.2 Å². The van der Waals surface area contributed by atoms with Gasteiger partial charge in [0, 0.05) is 32.6 Å². The second-order valence-corrected chi connectivity index (χ2v) is 8.74. The van der Waals surface area contributed by atoms with Gasteiger partial charge in [-0.2, -0.15) is 9.90 Å². The molecule has 0 bridgehead atoms. The third-order valence-corrected chi connectivity index (χ3v) is 6.41. The van der Waals surface area contributed by atoms with E-state index in [1.807, 2.05) is 37.8 Å². The zero-order valence-electron chi connectivity index (χ0n) is 18.2. The van der Waals surface area contributed by atoms with Crippen molar-refractivity contribution in [2.45, 2.75) is 52.9 Å². The summed E-state index contributed by atoms with van der Waals surface area (Å²) in [6, 6.07) is 6.08. The van der Waals surface area contributed by atoms with Crippen molar-refractivity contribution in [1.29, 1.82) is 0 Å². The fraction of sp³-hybridized carbons (Fsp3) is 0.565. The largest absolute Gasteiger partial charge is 0.339 e. The highest BCUT2D eigenvalue weighted by molar-refractivity contribution is 5.93. The molecule has 160 valence electrons. The lowest BCUT2D eigenvalue weighted by Gasteiger charge is -2.35. The van der Waals surface area contributed by atoms with Crippen LogP contribution in [-0.4, -0.2) is 62.8 Å². The molecule has 1 aliphatic heterocycles. The van der Waals surface area contributed by atoms with Crippen LogP contribution in [0.1, 0.15) is 59.4 Å². The standard InChI is InChI=1S/C23H31N5O2/c1-16-8-9-20(17(2)14-16)28-24-18(3)22(25-28)23(30)27-12-10-26(11-13-27)21(29)15-19-6-4-5-7-19/h8-9,14,19H,4-7,10-13,15H2,1-3H3. The van der Waals surface area contributed by atoms with Gasteiger partial charge in [-0.25, -0.2) is 0 Å². The Labute approximate surface area is 178 Å².